The van der Waals surface area contributed by atoms with E-state index in [2.05, 4.69) is 32.4 Å². The fourth-order valence-corrected chi connectivity index (χ4v) is 1.40. The Hall–Kier alpha value is -2.08. The lowest BCUT2D eigenvalue weighted by Gasteiger charge is -2.03. The molecule has 0 aromatic carbocycles. The third-order valence-electron chi connectivity index (χ3n) is 2.36. The average molecular weight is 245 g/mol. The molecule has 0 amide bonds. The summed E-state index contributed by atoms with van der Waals surface area (Å²) in [4.78, 5) is 8.53. The fraction of sp³-hybridized carbons (Fsp3) is 0.333. The van der Waals surface area contributed by atoms with Crippen molar-refractivity contribution in [3.8, 4) is 17.4 Å². The summed E-state index contributed by atoms with van der Waals surface area (Å²) in [6.07, 6.45) is 3.58. The van der Waals surface area contributed by atoms with Crippen LogP contribution in [0.1, 0.15) is 12.5 Å². The van der Waals surface area contributed by atoms with Gasteiger partial charge in [0.25, 0.3) is 0 Å². The smallest absolute Gasteiger partial charge is 0.233 e. The number of hydrogen-bond donors (Lipinski definition) is 1. The summed E-state index contributed by atoms with van der Waals surface area (Å²) in [5, 5.41) is 11.1. The molecule has 1 N–H and O–H groups in total. The predicted molar refractivity (Wildman–Crippen MR) is 67.0 cm³/mol. The van der Waals surface area contributed by atoms with E-state index in [-0.39, 0.29) is 0 Å². The van der Waals surface area contributed by atoms with E-state index < -0.39 is 0 Å². The maximum Gasteiger partial charge on any atom is 0.233 e. The van der Waals surface area contributed by atoms with Crippen LogP contribution < -0.4 is 10.1 Å². The Labute approximate surface area is 105 Å². The molecule has 0 unspecified atom stereocenters. The van der Waals surface area contributed by atoms with Crippen LogP contribution in [0.2, 0.25) is 0 Å². The first-order valence-electron chi connectivity index (χ1n) is 5.73. The minimum Gasteiger partial charge on any atom is -0.480 e. The normalized spacial score (nSPS) is 10.3. The second-order valence-electron chi connectivity index (χ2n) is 3.66. The van der Waals surface area contributed by atoms with Gasteiger partial charge in [0.05, 0.1) is 7.11 Å². The fourth-order valence-electron chi connectivity index (χ4n) is 1.40. The standard InChI is InChI=1S/C12H15N5O/c1-3-13-6-9-7-14-12(15-8-9)10-4-5-11(18-2)17-16-10/h4-5,7-8,13H,3,6H2,1-2H3. The molecule has 0 saturated carbocycles. The highest BCUT2D eigenvalue weighted by molar-refractivity contribution is 5.47. The lowest BCUT2D eigenvalue weighted by atomic mass is 10.3. The van der Waals surface area contributed by atoms with Gasteiger partial charge in [0.2, 0.25) is 5.88 Å². The highest BCUT2D eigenvalue weighted by Crippen LogP contribution is 2.12. The van der Waals surface area contributed by atoms with Crippen LogP contribution in [0.15, 0.2) is 24.5 Å². The molecule has 2 heterocycles. The zero-order chi connectivity index (χ0) is 12.8. The molecule has 94 valence electrons. The van der Waals surface area contributed by atoms with E-state index in [1.807, 2.05) is 0 Å². The van der Waals surface area contributed by atoms with Gasteiger partial charge in [-0.15, -0.1) is 10.2 Å². The lowest BCUT2D eigenvalue weighted by Crippen LogP contribution is -2.12. The summed E-state index contributed by atoms with van der Waals surface area (Å²) in [6.45, 7) is 3.75. The summed E-state index contributed by atoms with van der Waals surface area (Å²) >= 11 is 0. The summed E-state index contributed by atoms with van der Waals surface area (Å²) < 4.78 is 4.95. The van der Waals surface area contributed by atoms with Crippen LogP contribution in [0, 0.1) is 0 Å². The van der Waals surface area contributed by atoms with E-state index in [4.69, 9.17) is 4.74 Å². The zero-order valence-corrected chi connectivity index (χ0v) is 10.4. The van der Waals surface area contributed by atoms with Crippen LogP contribution in [0.5, 0.6) is 5.88 Å². The van der Waals surface area contributed by atoms with Crippen molar-refractivity contribution in [3.63, 3.8) is 0 Å². The van der Waals surface area contributed by atoms with Crippen LogP contribution >= 0.6 is 0 Å². The van der Waals surface area contributed by atoms with Gasteiger partial charge < -0.3 is 10.1 Å². The Bertz CT molecular complexity index is 483. The third-order valence-corrected chi connectivity index (χ3v) is 2.36. The molecule has 0 fully saturated rings. The largest absolute Gasteiger partial charge is 0.480 e. The summed E-state index contributed by atoms with van der Waals surface area (Å²) in [5.41, 5.74) is 1.67. The Balaban J connectivity index is 2.12. The third kappa shape index (κ3) is 2.98. The second-order valence-corrected chi connectivity index (χ2v) is 3.66. The van der Waals surface area contributed by atoms with Gasteiger partial charge in [0.1, 0.15) is 5.69 Å². The molecule has 2 aromatic rings. The summed E-state index contributed by atoms with van der Waals surface area (Å²) in [6, 6.07) is 3.52. The highest BCUT2D eigenvalue weighted by atomic mass is 16.5. The minimum atomic E-state index is 0.475. The topological polar surface area (TPSA) is 72.8 Å². The Morgan fingerprint density at radius 2 is 1.94 bits per heavy atom. The van der Waals surface area contributed by atoms with Crippen molar-refractivity contribution in [2.75, 3.05) is 13.7 Å². The summed E-state index contributed by atoms with van der Waals surface area (Å²) in [5.74, 6) is 1.04. The van der Waals surface area contributed by atoms with Crippen molar-refractivity contribution >= 4 is 0 Å². The molecule has 2 aromatic heterocycles. The Kier molecular flexibility index (Phi) is 4.14. The molecule has 0 atom stereocenters. The van der Waals surface area contributed by atoms with Crippen molar-refractivity contribution in [1.29, 1.82) is 0 Å². The van der Waals surface area contributed by atoms with Gasteiger partial charge in [-0.05, 0) is 12.6 Å². The second kappa shape index (κ2) is 6.02. The van der Waals surface area contributed by atoms with Crippen molar-refractivity contribution in [3.05, 3.63) is 30.1 Å². The van der Waals surface area contributed by atoms with Gasteiger partial charge in [-0.2, -0.15) is 0 Å². The molecule has 0 spiro atoms. The number of ether oxygens (including phenoxy) is 1. The molecule has 0 aliphatic rings. The Morgan fingerprint density at radius 3 is 2.50 bits per heavy atom. The van der Waals surface area contributed by atoms with E-state index in [1.165, 1.54) is 0 Å². The monoisotopic (exact) mass is 245 g/mol. The van der Waals surface area contributed by atoms with Gasteiger partial charge in [-0.25, -0.2) is 9.97 Å². The molecule has 0 aliphatic carbocycles. The van der Waals surface area contributed by atoms with Crippen molar-refractivity contribution < 1.29 is 4.74 Å². The Morgan fingerprint density at radius 1 is 1.17 bits per heavy atom. The van der Waals surface area contributed by atoms with Crippen LogP contribution in [0.4, 0.5) is 0 Å². The first-order valence-corrected chi connectivity index (χ1v) is 5.73. The molecule has 6 heteroatoms. The van der Waals surface area contributed by atoms with Crippen molar-refractivity contribution in [2.24, 2.45) is 0 Å². The number of rotatable bonds is 5. The number of methoxy groups -OCH3 is 1. The lowest BCUT2D eigenvalue weighted by molar-refractivity contribution is 0.392. The van der Waals surface area contributed by atoms with Gasteiger partial charge >= 0.3 is 0 Å². The maximum atomic E-state index is 4.95. The quantitative estimate of drug-likeness (QED) is 0.849. The van der Waals surface area contributed by atoms with Crippen molar-refractivity contribution in [1.82, 2.24) is 25.5 Å². The van der Waals surface area contributed by atoms with Crippen molar-refractivity contribution in [2.45, 2.75) is 13.5 Å². The first kappa shape index (κ1) is 12.4. The first-order chi connectivity index (χ1) is 8.83. The minimum absolute atomic E-state index is 0.475. The maximum absolute atomic E-state index is 4.95. The zero-order valence-electron chi connectivity index (χ0n) is 10.4. The van der Waals surface area contributed by atoms with Crippen LogP contribution in [0.3, 0.4) is 0 Å². The van der Waals surface area contributed by atoms with Gasteiger partial charge in [0, 0.05) is 30.6 Å². The van der Waals surface area contributed by atoms with E-state index in [1.54, 1.807) is 31.6 Å². The number of nitrogens with one attached hydrogen (secondary N) is 1. The van der Waals surface area contributed by atoms with Crippen LogP contribution in [0.25, 0.3) is 11.5 Å². The highest BCUT2D eigenvalue weighted by Gasteiger charge is 2.04. The molecular formula is C12H15N5O. The van der Waals surface area contributed by atoms with E-state index in [9.17, 15) is 0 Å². The number of hydrogen-bond acceptors (Lipinski definition) is 6. The molecule has 0 saturated heterocycles. The van der Waals surface area contributed by atoms with E-state index in [0.717, 1.165) is 18.7 Å². The average Bonchev–Trinajstić information content (AvgIpc) is 2.46. The van der Waals surface area contributed by atoms with Gasteiger partial charge in [-0.1, -0.05) is 6.92 Å². The molecule has 2 rings (SSSR count). The van der Waals surface area contributed by atoms with E-state index >= 15 is 0 Å². The van der Waals surface area contributed by atoms with E-state index in [0.29, 0.717) is 17.4 Å². The summed E-state index contributed by atoms with van der Waals surface area (Å²) in [7, 11) is 1.55. The van der Waals surface area contributed by atoms with Crippen LogP contribution in [-0.4, -0.2) is 33.8 Å². The molecule has 18 heavy (non-hydrogen) atoms. The van der Waals surface area contributed by atoms with Crippen LogP contribution in [-0.2, 0) is 6.54 Å². The van der Waals surface area contributed by atoms with Gasteiger partial charge in [-0.3, -0.25) is 0 Å². The molecular weight excluding hydrogens is 230 g/mol. The molecule has 0 bridgehead atoms. The SMILES string of the molecule is CCNCc1cnc(-c2ccc(OC)nn2)nc1. The number of aromatic nitrogens is 4. The van der Waals surface area contributed by atoms with Gasteiger partial charge in [0.15, 0.2) is 5.82 Å². The predicted octanol–water partition coefficient (Wildman–Crippen LogP) is 1.05. The number of nitrogens with zero attached hydrogens (tertiary/aromatic N) is 4. The molecule has 0 radical (unpaired) electrons. The molecule has 6 nitrogen and oxygen atoms in total. The molecule has 0 aliphatic heterocycles.